The maximum atomic E-state index is 11.5. The van der Waals surface area contributed by atoms with Crippen LogP contribution in [-0.2, 0) is 4.74 Å². The molecule has 0 amide bonds. The second-order valence-corrected chi connectivity index (χ2v) is 3.16. The van der Waals surface area contributed by atoms with E-state index in [-0.39, 0.29) is 11.9 Å². The maximum Gasteiger partial charge on any atom is 0.166 e. The first kappa shape index (κ1) is 8.45. The van der Waals surface area contributed by atoms with Crippen LogP contribution in [0.25, 0.3) is 0 Å². The van der Waals surface area contributed by atoms with E-state index in [4.69, 9.17) is 4.74 Å². The number of rotatable bonds is 2. The molecule has 0 bridgehead atoms. The van der Waals surface area contributed by atoms with Crippen LogP contribution in [0, 0.1) is 0 Å². The molecule has 2 rings (SSSR count). The van der Waals surface area contributed by atoms with E-state index in [1.165, 1.54) is 0 Å². The smallest absolute Gasteiger partial charge is 0.166 e. The normalized spacial score (nSPS) is 20.4. The fourth-order valence-electron chi connectivity index (χ4n) is 1.77. The Balaban J connectivity index is 2.36. The number of benzene rings is 1. The van der Waals surface area contributed by atoms with E-state index in [2.05, 4.69) is 0 Å². The van der Waals surface area contributed by atoms with Gasteiger partial charge < -0.3 is 4.74 Å². The van der Waals surface area contributed by atoms with E-state index in [0.29, 0.717) is 13.0 Å². The third kappa shape index (κ3) is 1.38. The van der Waals surface area contributed by atoms with Gasteiger partial charge in [0.15, 0.2) is 5.78 Å². The molecule has 1 atom stereocenters. The summed E-state index contributed by atoms with van der Waals surface area (Å²) in [7, 11) is 0. The molecular formula is C11H12O2. The Bertz CT molecular complexity index is 331. The van der Waals surface area contributed by atoms with Gasteiger partial charge in [-0.25, -0.2) is 0 Å². The van der Waals surface area contributed by atoms with Gasteiger partial charge in [0, 0.05) is 18.6 Å². The standard InChI is InChI=1S/C11H12O2/c1-2-13-11-7-10(12)8-5-3-4-6-9(8)11/h3-6,11H,2,7H2,1H3/t11-/m0/s1. The molecule has 0 aliphatic heterocycles. The number of hydrogen-bond acceptors (Lipinski definition) is 2. The van der Waals surface area contributed by atoms with Gasteiger partial charge in [-0.2, -0.15) is 0 Å². The summed E-state index contributed by atoms with van der Waals surface area (Å²) in [5.74, 6) is 0.203. The highest BCUT2D eigenvalue weighted by Gasteiger charge is 2.28. The zero-order chi connectivity index (χ0) is 9.26. The fraction of sp³-hybridized carbons (Fsp3) is 0.364. The van der Waals surface area contributed by atoms with Crippen LogP contribution in [0.15, 0.2) is 24.3 Å². The second kappa shape index (κ2) is 3.30. The van der Waals surface area contributed by atoms with Crippen molar-refractivity contribution in [2.45, 2.75) is 19.4 Å². The molecule has 1 aliphatic rings. The summed E-state index contributed by atoms with van der Waals surface area (Å²) in [6, 6.07) is 7.69. The van der Waals surface area contributed by atoms with E-state index < -0.39 is 0 Å². The highest BCUT2D eigenvalue weighted by Crippen LogP contribution is 2.33. The van der Waals surface area contributed by atoms with Crippen LogP contribution in [0.2, 0.25) is 0 Å². The topological polar surface area (TPSA) is 26.3 Å². The van der Waals surface area contributed by atoms with Gasteiger partial charge in [-0.15, -0.1) is 0 Å². The summed E-state index contributed by atoms with van der Waals surface area (Å²) >= 11 is 0. The molecule has 0 fully saturated rings. The van der Waals surface area contributed by atoms with Gasteiger partial charge in [0.05, 0.1) is 6.10 Å². The second-order valence-electron chi connectivity index (χ2n) is 3.16. The molecule has 13 heavy (non-hydrogen) atoms. The zero-order valence-electron chi connectivity index (χ0n) is 7.62. The molecule has 0 spiro atoms. The van der Waals surface area contributed by atoms with E-state index in [1.807, 2.05) is 31.2 Å². The Morgan fingerprint density at radius 1 is 1.46 bits per heavy atom. The van der Waals surface area contributed by atoms with Gasteiger partial charge in [0.2, 0.25) is 0 Å². The lowest BCUT2D eigenvalue weighted by Crippen LogP contribution is -1.99. The largest absolute Gasteiger partial charge is 0.373 e. The number of carbonyl (C=O) groups is 1. The Morgan fingerprint density at radius 2 is 2.23 bits per heavy atom. The molecule has 0 saturated heterocycles. The molecule has 1 aromatic rings. The monoisotopic (exact) mass is 176 g/mol. The zero-order valence-corrected chi connectivity index (χ0v) is 7.62. The summed E-state index contributed by atoms with van der Waals surface area (Å²) in [6.45, 7) is 2.61. The number of carbonyl (C=O) groups excluding carboxylic acids is 1. The Hall–Kier alpha value is -1.15. The van der Waals surface area contributed by atoms with E-state index >= 15 is 0 Å². The number of Topliss-reactive ketones (excluding diaryl/α,β-unsaturated/α-hetero) is 1. The molecule has 0 unspecified atom stereocenters. The summed E-state index contributed by atoms with van der Waals surface area (Å²) in [5.41, 5.74) is 1.88. The molecule has 0 aromatic heterocycles. The first-order chi connectivity index (χ1) is 6.33. The summed E-state index contributed by atoms with van der Waals surface area (Å²) in [6.07, 6.45) is 0.501. The summed E-state index contributed by atoms with van der Waals surface area (Å²) < 4.78 is 5.48. The lowest BCUT2D eigenvalue weighted by molar-refractivity contribution is 0.0585. The summed E-state index contributed by atoms with van der Waals surface area (Å²) in [5, 5.41) is 0. The van der Waals surface area contributed by atoms with Crippen molar-refractivity contribution in [3.8, 4) is 0 Å². The minimum atomic E-state index is -0.00583. The maximum absolute atomic E-state index is 11.5. The van der Waals surface area contributed by atoms with Gasteiger partial charge in [-0.05, 0) is 12.5 Å². The first-order valence-electron chi connectivity index (χ1n) is 4.56. The van der Waals surface area contributed by atoms with Crippen LogP contribution in [0.3, 0.4) is 0 Å². The van der Waals surface area contributed by atoms with Gasteiger partial charge in [0.1, 0.15) is 0 Å². The van der Waals surface area contributed by atoms with Gasteiger partial charge in [-0.1, -0.05) is 24.3 Å². The van der Waals surface area contributed by atoms with Gasteiger partial charge in [0.25, 0.3) is 0 Å². The molecule has 0 radical (unpaired) electrons. The lowest BCUT2D eigenvalue weighted by Gasteiger charge is -2.09. The highest BCUT2D eigenvalue weighted by molar-refractivity contribution is 6.00. The number of ether oxygens (including phenoxy) is 1. The number of ketones is 1. The van der Waals surface area contributed by atoms with Crippen LogP contribution in [0.1, 0.15) is 35.4 Å². The average molecular weight is 176 g/mol. The van der Waals surface area contributed by atoms with Crippen LogP contribution in [0.5, 0.6) is 0 Å². The van der Waals surface area contributed by atoms with Gasteiger partial charge in [-0.3, -0.25) is 4.79 Å². The fourth-order valence-corrected chi connectivity index (χ4v) is 1.77. The van der Waals surface area contributed by atoms with Crippen LogP contribution in [0.4, 0.5) is 0 Å². The Labute approximate surface area is 77.5 Å². The van der Waals surface area contributed by atoms with Crippen LogP contribution >= 0.6 is 0 Å². The summed E-state index contributed by atoms with van der Waals surface area (Å²) in [4.78, 5) is 11.5. The minimum absolute atomic E-state index is 0.00583. The van der Waals surface area contributed by atoms with E-state index in [0.717, 1.165) is 11.1 Å². The van der Waals surface area contributed by atoms with Crippen molar-refractivity contribution in [3.05, 3.63) is 35.4 Å². The first-order valence-corrected chi connectivity index (χ1v) is 4.56. The third-order valence-electron chi connectivity index (χ3n) is 2.35. The molecule has 0 saturated carbocycles. The van der Waals surface area contributed by atoms with Crippen molar-refractivity contribution < 1.29 is 9.53 Å². The third-order valence-corrected chi connectivity index (χ3v) is 2.35. The average Bonchev–Trinajstić information content (AvgIpc) is 2.46. The lowest BCUT2D eigenvalue weighted by atomic mass is 10.1. The van der Waals surface area contributed by atoms with Crippen molar-refractivity contribution in [2.24, 2.45) is 0 Å². The molecule has 0 N–H and O–H groups in total. The van der Waals surface area contributed by atoms with Gasteiger partial charge >= 0.3 is 0 Å². The van der Waals surface area contributed by atoms with Crippen molar-refractivity contribution in [2.75, 3.05) is 6.61 Å². The molecular weight excluding hydrogens is 164 g/mol. The van der Waals surface area contributed by atoms with Crippen molar-refractivity contribution in [3.63, 3.8) is 0 Å². The molecule has 2 heteroatoms. The molecule has 2 nitrogen and oxygen atoms in total. The highest BCUT2D eigenvalue weighted by atomic mass is 16.5. The van der Waals surface area contributed by atoms with E-state index in [1.54, 1.807) is 0 Å². The SMILES string of the molecule is CCO[C@H]1CC(=O)c2ccccc21. The molecule has 1 aromatic carbocycles. The predicted molar refractivity (Wildman–Crippen MR) is 49.8 cm³/mol. The van der Waals surface area contributed by atoms with E-state index in [9.17, 15) is 4.79 Å². The predicted octanol–water partition coefficient (Wildman–Crippen LogP) is 2.35. The number of hydrogen-bond donors (Lipinski definition) is 0. The quantitative estimate of drug-likeness (QED) is 0.691. The molecule has 68 valence electrons. The van der Waals surface area contributed by atoms with Crippen molar-refractivity contribution >= 4 is 5.78 Å². The Kier molecular flexibility index (Phi) is 2.15. The van der Waals surface area contributed by atoms with Crippen LogP contribution < -0.4 is 0 Å². The van der Waals surface area contributed by atoms with Crippen molar-refractivity contribution in [1.29, 1.82) is 0 Å². The Morgan fingerprint density at radius 3 is 3.00 bits per heavy atom. The molecule has 0 heterocycles. The minimum Gasteiger partial charge on any atom is -0.373 e. The van der Waals surface area contributed by atoms with Crippen LogP contribution in [-0.4, -0.2) is 12.4 Å². The molecule has 1 aliphatic carbocycles. The van der Waals surface area contributed by atoms with Crippen molar-refractivity contribution in [1.82, 2.24) is 0 Å². The number of fused-ring (bicyclic) bond motifs is 1.